The summed E-state index contributed by atoms with van der Waals surface area (Å²) in [6.07, 6.45) is 5.50. The van der Waals surface area contributed by atoms with E-state index in [2.05, 4.69) is 25.4 Å². The lowest BCUT2D eigenvalue weighted by Gasteiger charge is -2.25. The van der Waals surface area contributed by atoms with Crippen molar-refractivity contribution in [2.24, 2.45) is 0 Å². The topological polar surface area (TPSA) is 88.9 Å². The lowest BCUT2D eigenvalue weighted by Crippen LogP contribution is -2.17. The Kier molecular flexibility index (Phi) is 7.39. The number of aromatic nitrogens is 3. The van der Waals surface area contributed by atoms with Gasteiger partial charge in [-0.2, -0.15) is 0 Å². The summed E-state index contributed by atoms with van der Waals surface area (Å²) in [7, 11) is 0. The Hall–Kier alpha value is -3.20. The van der Waals surface area contributed by atoms with Gasteiger partial charge in [0.1, 0.15) is 5.82 Å². The monoisotopic (exact) mass is 467 g/mol. The number of halogens is 1. The van der Waals surface area contributed by atoms with Crippen molar-refractivity contribution in [2.75, 3.05) is 16.4 Å². The number of nitrogens with one attached hydrogen (secondary N) is 2. The zero-order valence-electron chi connectivity index (χ0n) is 18.4. The molecule has 0 saturated heterocycles. The highest BCUT2D eigenvalue weighted by Crippen LogP contribution is 2.35. The molecule has 0 radical (unpaired) electrons. The first-order valence-corrected chi connectivity index (χ1v) is 12.0. The predicted molar refractivity (Wildman–Crippen MR) is 128 cm³/mol. The molecule has 2 amide bonds. The van der Waals surface area contributed by atoms with E-state index in [1.165, 1.54) is 37.2 Å². The van der Waals surface area contributed by atoms with Gasteiger partial charge in [0.05, 0.1) is 5.75 Å². The molecular weight excluding hydrogens is 441 g/mol. The highest BCUT2D eigenvalue weighted by atomic mass is 32.2. The number of amides is 2. The van der Waals surface area contributed by atoms with Gasteiger partial charge in [-0.05, 0) is 49.2 Å². The third-order valence-electron chi connectivity index (χ3n) is 5.51. The fourth-order valence-electron chi connectivity index (χ4n) is 4.04. The molecule has 1 aliphatic carbocycles. The van der Waals surface area contributed by atoms with Crippen molar-refractivity contribution in [1.29, 1.82) is 0 Å². The second-order valence-electron chi connectivity index (χ2n) is 8.07. The summed E-state index contributed by atoms with van der Waals surface area (Å²) < 4.78 is 15.9. The number of anilines is 2. The SMILES string of the molecule is CC(=O)Nc1ccc(NC(=O)CSc2nnc(-c3cccc(F)c3)n2C2CCCCC2)cc1. The van der Waals surface area contributed by atoms with Crippen LogP contribution in [0, 0.1) is 5.82 Å². The van der Waals surface area contributed by atoms with E-state index in [9.17, 15) is 14.0 Å². The van der Waals surface area contributed by atoms with Crippen molar-refractivity contribution < 1.29 is 14.0 Å². The largest absolute Gasteiger partial charge is 0.326 e. The molecule has 172 valence electrons. The van der Waals surface area contributed by atoms with Gasteiger partial charge in [0.15, 0.2) is 11.0 Å². The molecule has 1 fully saturated rings. The van der Waals surface area contributed by atoms with Crippen molar-refractivity contribution in [3.8, 4) is 11.4 Å². The molecule has 1 aromatic heterocycles. The molecule has 3 aromatic rings. The number of hydrogen-bond acceptors (Lipinski definition) is 5. The number of benzene rings is 2. The van der Waals surface area contributed by atoms with Crippen LogP contribution in [0.15, 0.2) is 53.7 Å². The minimum atomic E-state index is -0.316. The third kappa shape index (κ3) is 5.98. The summed E-state index contributed by atoms with van der Waals surface area (Å²) in [4.78, 5) is 23.7. The highest BCUT2D eigenvalue weighted by molar-refractivity contribution is 7.99. The Morgan fingerprint density at radius 1 is 1.03 bits per heavy atom. The Morgan fingerprint density at radius 3 is 2.39 bits per heavy atom. The number of hydrogen-bond donors (Lipinski definition) is 2. The summed E-state index contributed by atoms with van der Waals surface area (Å²) in [6.45, 7) is 1.44. The van der Waals surface area contributed by atoms with Crippen molar-refractivity contribution >= 4 is 35.0 Å². The molecule has 33 heavy (non-hydrogen) atoms. The van der Waals surface area contributed by atoms with Crippen LogP contribution < -0.4 is 10.6 Å². The summed E-state index contributed by atoms with van der Waals surface area (Å²) in [6, 6.07) is 13.5. The minimum absolute atomic E-state index is 0.150. The van der Waals surface area contributed by atoms with Gasteiger partial charge >= 0.3 is 0 Å². The van der Waals surface area contributed by atoms with E-state index in [1.54, 1.807) is 30.3 Å². The highest BCUT2D eigenvalue weighted by Gasteiger charge is 2.24. The molecule has 0 spiro atoms. The number of carbonyl (C=O) groups excluding carboxylic acids is 2. The van der Waals surface area contributed by atoms with Crippen molar-refractivity contribution in [1.82, 2.24) is 14.8 Å². The van der Waals surface area contributed by atoms with E-state index in [4.69, 9.17) is 0 Å². The fraction of sp³-hybridized carbons (Fsp3) is 0.333. The van der Waals surface area contributed by atoms with Gasteiger partial charge in [0, 0.05) is 29.9 Å². The molecule has 1 saturated carbocycles. The maximum absolute atomic E-state index is 13.8. The molecule has 0 unspecified atom stereocenters. The van der Waals surface area contributed by atoms with Gasteiger partial charge in [-0.1, -0.05) is 43.2 Å². The predicted octanol–water partition coefficient (Wildman–Crippen LogP) is 5.28. The number of rotatable bonds is 7. The molecular formula is C24H26FN5O2S. The van der Waals surface area contributed by atoms with Crippen molar-refractivity contribution in [2.45, 2.75) is 50.2 Å². The van der Waals surface area contributed by atoms with Gasteiger partial charge in [0.2, 0.25) is 11.8 Å². The van der Waals surface area contributed by atoms with Crippen LogP contribution >= 0.6 is 11.8 Å². The van der Waals surface area contributed by atoms with Crippen LogP contribution in [0.3, 0.4) is 0 Å². The molecule has 0 atom stereocenters. The van der Waals surface area contributed by atoms with Crippen LogP contribution in [0.1, 0.15) is 45.1 Å². The van der Waals surface area contributed by atoms with Crippen molar-refractivity contribution in [3.05, 3.63) is 54.3 Å². The normalized spacial score (nSPS) is 14.1. The van der Waals surface area contributed by atoms with Gasteiger partial charge in [-0.25, -0.2) is 4.39 Å². The Morgan fingerprint density at radius 2 is 1.73 bits per heavy atom. The quantitative estimate of drug-likeness (QED) is 0.462. The number of carbonyl (C=O) groups is 2. The Balaban J connectivity index is 1.47. The minimum Gasteiger partial charge on any atom is -0.326 e. The summed E-state index contributed by atoms with van der Waals surface area (Å²) in [5.41, 5.74) is 1.99. The smallest absolute Gasteiger partial charge is 0.234 e. The van der Waals surface area contributed by atoms with E-state index in [0.717, 1.165) is 25.7 Å². The van der Waals surface area contributed by atoms with Crippen LogP contribution in [-0.2, 0) is 9.59 Å². The van der Waals surface area contributed by atoms with Gasteiger partial charge < -0.3 is 10.6 Å². The summed E-state index contributed by atoms with van der Waals surface area (Å²) in [5, 5.41) is 14.9. The van der Waals surface area contributed by atoms with E-state index < -0.39 is 0 Å². The lowest BCUT2D eigenvalue weighted by molar-refractivity contribution is -0.114. The number of nitrogens with zero attached hydrogens (tertiary/aromatic N) is 3. The summed E-state index contributed by atoms with van der Waals surface area (Å²) >= 11 is 1.33. The lowest BCUT2D eigenvalue weighted by atomic mass is 9.95. The van der Waals surface area contributed by atoms with E-state index in [-0.39, 0.29) is 29.4 Å². The van der Waals surface area contributed by atoms with Crippen LogP contribution in [-0.4, -0.2) is 32.3 Å². The fourth-order valence-corrected chi connectivity index (χ4v) is 4.84. The molecule has 2 N–H and O–H groups in total. The van der Waals surface area contributed by atoms with Crippen LogP contribution in [0.4, 0.5) is 15.8 Å². The zero-order chi connectivity index (χ0) is 23.2. The molecule has 9 heteroatoms. The maximum atomic E-state index is 13.8. The van der Waals surface area contributed by atoms with Crippen LogP contribution in [0.5, 0.6) is 0 Å². The second kappa shape index (κ2) is 10.6. The average molecular weight is 468 g/mol. The Labute approximate surface area is 196 Å². The first kappa shape index (κ1) is 23.0. The van der Waals surface area contributed by atoms with Gasteiger partial charge in [0.25, 0.3) is 0 Å². The van der Waals surface area contributed by atoms with E-state index in [0.29, 0.717) is 27.9 Å². The average Bonchev–Trinajstić information content (AvgIpc) is 3.23. The first-order chi connectivity index (χ1) is 16.0. The standard InChI is InChI=1S/C24H26FN5O2S/c1-16(31)26-19-10-12-20(13-11-19)27-22(32)15-33-24-29-28-23(17-6-5-7-18(25)14-17)30(24)21-8-3-2-4-9-21/h5-7,10-14,21H,2-4,8-9,15H2,1H3,(H,26,31)(H,27,32). The number of thioether (sulfide) groups is 1. The molecule has 7 nitrogen and oxygen atoms in total. The summed E-state index contributed by atoms with van der Waals surface area (Å²) in [5.74, 6) is 0.170. The molecule has 0 aliphatic heterocycles. The van der Waals surface area contributed by atoms with E-state index >= 15 is 0 Å². The molecule has 1 heterocycles. The van der Waals surface area contributed by atoms with Gasteiger partial charge in [-0.3, -0.25) is 14.2 Å². The first-order valence-electron chi connectivity index (χ1n) is 11.0. The van der Waals surface area contributed by atoms with Crippen LogP contribution in [0.2, 0.25) is 0 Å². The molecule has 4 rings (SSSR count). The van der Waals surface area contributed by atoms with Gasteiger partial charge in [-0.15, -0.1) is 10.2 Å². The third-order valence-corrected chi connectivity index (χ3v) is 6.45. The van der Waals surface area contributed by atoms with Crippen LogP contribution in [0.25, 0.3) is 11.4 Å². The maximum Gasteiger partial charge on any atom is 0.234 e. The molecule has 1 aliphatic rings. The Bertz CT molecular complexity index is 1130. The molecule has 0 bridgehead atoms. The van der Waals surface area contributed by atoms with Crippen molar-refractivity contribution in [3.63, 3.8) is 0 Å². The van der Waals surface area contributed by atoms with E-state index in [1.807, 2.05) is 6.07 Å². The second-order valence-corrected chi connectivity index (χ2v) is 9.02. The zero-order valence-corrected chi connectivity index (χ0v) is 19.2. The molecule has 2 aromatic carbocycles.